The summed E-state index contributed by atoms with van der Waals surface area (Å²) in [6.45, 7) is 0. The van der Waals surface area contributed by atoms with Gasteiger partial charge in [0, 0.05) is 18.2 Å². The zero-order valence-corrected chi connectivity index (χ0v) is 9.23. The molecule has 1 aliphatic rings. The predicted molar refractivity (Wildman–Crippen MR) is 58.5 cm³/mol. The molecule has 0 saturated carbocycles. The highest BCUT2D eigenvalue weighted by Crippen LogP contribution is 2.31. The zero-order valence-electron chi connectivity index (χ0n) is 7.64. The van der Waals surface area contributed by atoms with Crippen LogP contribution in [0, 0.1) is 0 Å². The van der Waals surface area contributed by atoms with Crippen molar-refractivity contribution < 1.29 is 15.0 Å². The van der Waals surface area contributed by atoms with E-state index < -0.39 is 12.0 Å². The highest BCUT2D eigenvalue weighted by Gasteiger charge is 2.23. The van der Waals surface area contributed by atoms with Crippen LogP contribution in [0.25, 0.3) is 0 Å². The Labute approximate surface area is 94.4 Å². The molecule has 2 rings (SSSR count). The molecule has 0 aromatic heterocycles. The maximum absolute atomic E-state index is 10.7. The lowest BCUT2D eigenvalue weighted by molar-refractivity contribution is -0.138. The van der Waals surface area contributed by atoms with E-state index in [0.29, 0.717) is 16.5 Å². The van der Waals surface area contributed by atoms with E-state index in [1.54, 1.807) is 12.1 Å². The van der Waals surface area contributed by atoms with Gasteiger partial charge in [-0.05, 0) is 27.6 Å². The minimum absolute atomic E-state index is 0.111. The second kappa shape index (κ2) is 3.66. The maximum Gasteiger partial charge on any atom is 0.328 e. The smallest absolute Gasteiger partial charge is 0.328 e. The number of benzene rings is 1. The minimum atomic E-state index is -0.945. The van der Waals surface area contributed by atoms with Crippen molar-refractivity contribution in [3.05, 3.63) is 27.7 Å². The fourth-order valence-electron chi connectivity index (χ4n) is 1.52. The first-order valence-electron chi connectivity index (χ1n) is 4.36. The van der Waals surface area contributed by atoms with Gasteiger partial charge in [0.1, 0.15) is 5.75 Å². The van der Waals surface area contributed by atoms with Gasteiger partial charge in [-0.15, -0.1) is 0 Å². The molecule has 0 radical (unpaired) electrons. The van der Waals surface area contributed by atoms with E-state index in [1.807, 2.05) is 0 Å². The molecule has 0 saturated heterocycles. The molecule has 2 N–H and O–H groups in total. The number of phenols is 1. The van der Waals surface area contributed by atoms with Crippen molar-refractivity contribution in [1.29, 1.82) is 0 Å². The molecule has 1 aliphatic heterocycles. The summed E-state index contributed by atoms with van der Waals surface area (Å²) in [5.41, 5.74) is 1.40. The number of carboxylic acid groups (broad SMARTS) is 1. The van der Waals surface area contributed by atoms with Gasteiger partial charge in [-0.2, -0.15) is 0 Å². The van der Waals surface area contributed by atoms with Crippen molar-refractivity contribution in [2.75, 3.05) is 0 Å². The zero-order chi connectivity index (χ0) is 11.0. The van der Waals surface area contributed by atoms with Gasteiger partial charge in [-0.3, -0.25) is 4.99 Å². The van der Waals surface area contributed by atoms with Crippen LogP contribution < -0.4 is 0 Å². The van der Waals surface area contributed by atoms with Gasteiger partial charge in [-0.1, -0.05) is 6.07 Å². The third-order valence-corrected chi connectivity index (χ3v) is 2.98. The summed E-state index contributed by atoms with van der Waals surface area (Å²) >= 11 is 3.19. The number of hydrogen-bond donors (Lipinski definition) is 2. The molecule has 1 atom stereocenters. The van der Waals surface area contributed by atoms with E-state index >= 15 is 0 Å². The number of halogens is 1. The van der Waals surface area contributed by atoms with Crippen LogP contribution in [0.15, 0.2) is 21.6 Å². The lowest BCUT2D eigenvalue weighted by Crippen LogP contribution is -2.24. The standard InChI is InChI=1S/C10H8BrNO3/c11-7-2-1-5-3-8(10(14)15)12-4-6(5)9(7)13/h1-2,4,8,13H,3H2,(H,14,15). The molecule has 0 amide bonds. The lowest BCUT2D eigenvalue weighted by Gasteiger charge is -2.16. The van der Waals surface area contributed by atoms with Crippen LogP contribution >= 0.6 is 15.9 Å². The SMILES string of the molecule is O=C(O)C1Cc2ccc(Br)c(O)c2C=N1. The van der Waals surface area contributed by atoms with Crippen LogP contribution in [0.4, 0.5) is 0 Å². The normalized spacial score (nSPS) is 18.6. The molecular weight excluding hydrogens is 262 g/mol. The van der Waals surface area contributed by atoms with Gasteiger partial charge < -0.3 is 10.2 Å². The van der Waals surface area contributed by atoms with Gasteiger partial charge in [0.25, 0.3) is 0 Å². The van der Waals surface area contributed by atoms with Crippen molar-refractivity contribution in [1.82, 2.24) is 0 Å². The van der Waals surface area contributed by atoms with Crippen molar-refractivity contribution in [3.8, 4) is 5.75 Å². The molecule has 1 aromatic rings. The lowest BCUT2D eigenvalue weighted by atomic mass is 9.97. The van der Waals surface area contributed by atoms with E-state index in [0.717, 1.165) is 5.56 Å². The van der Waals surface area contributed by atoms with Gasteiger partial charge in [0.2, 0.25) is 0 Å². The molecule has 0 spiro atoms. The molecule has 15 heavy (non-hydrogen) atoms. The van der Waals surface area contributed by atoms with Crippen molar-refractivity contribution in [2.45, 2.75) is 12.5 Å². The van der Waals surface area contributed by atoms with E-state index in [2.05, 4.69) is 20.9 Å². The maximum atomic E-state index is 10.7. The topological polar surface area (TPSA) is 69.9 Å². The summed E-state index contributed by atoms with van der Waals surface area (Å²) in [7, 11) is 0. The third-order valence-electron chi connectivity index (χ3n) is 2.34. The van der Waals surface area contributed by atoms with Gasteiger partial charge in [-0.25, -0.2) is 4.79 Å². The van der Waals surface area contributed by atoms with Crippen LogP contribution in [0.1, 0.15) is 11.1 Å². The largest absolute Gasteiger partial charge is 0.506 e. The fourth-order valence-corrected chi connectivity index (χ4v) is 1.87. The first-order chi connectivity index (χ1) is 7.09. The quantitative estimate of drug-likeness (QED) is 0.814. The predicted octanol–water partition coefficient (Wildman–Crippen LogP) is 1.58. The number of carbonyl (C=O) groups is 1. The Kier molecular flexibility index (Phi) is 2.48. The van der Waals surface area contributed by atoms with Crippen LogP contribution in [0.2, 0.25) is 0 Å². The Bertz CT molecular complexity index is 456. The number of fused-ring (bicyclic) bond motifs is 1. The number of hydrogen-bond acceptors (Lipinski definition) is 3. The molecule has 1 unspecified atom stereocenters. The Morgan fingerprint density at radius 3 is 2.93 bits per heavy atom. The summed E-state index contributed by atoms with van der Waals surface area (Å²) in [5.74, 6) is -0.834. The Balaban J connectivity index is 2.45. The molecule has 5 heteroatoms. The van der Waals surface area contributed by atoms with Gasteiger partial charge in [0.05, 0.1) is 4.47 Å². The van der Waals surface area contributed by atoms with Gasteiger partial charge >= 0.3 is 5.97 Å². The number of aliphatic carboxylic acids is 1. The second-order valence-corrected chi connectivity index (χ2v) is 4.16. The van der Waals surface area contributed by atoms with E-state index in [4.69, 9.17) is 5.11 Å². The fraction of sp³-hybridized carbons (Fsp3) is 0.200. The second-order valence-electron chi connectivity index (χ2n) is 3.31. The molecule has 1 aromatic carbocycles. The van der Waals surface area contributed by atoms with Crippen LogP contribution in [-0.2, 0) is 11.2 Å². The average Bonchev–Trinajstić information content (AvgIpc) is 2.23. The van der Waals surface area contributed by atoms with E-state index in [1.165, 1.54) is 6.21 Å². The third kappa shape index (κ3) is 1.74. The molecule has 78 valence electrons. The van der Waals surface area contributed by atoms with Crippen molar-refractivity contribution in [2.24, 2.45) is 4.99 Å². The molecular formula is C10H8BrNO3. The number of rotatable bonds is 1. The summed E-state index contributed by atoms with van der Waals surface area (Å²) in [4.78, 5) is 14.6. The summed E-state index contributed by atoms with van der Waals surface area (Å²) in [5, 5.41) is 18.5. The first-order valence-corrected chi connectivity index (χ1v) is 5.15. The highest BCUT2D eigenvalue weighted by atomic mass is 79.9. The van der Waals surface area contributed by atoms with E-state index in [-0.39, 0.29) is 5.75 Å². The molecule has 1 heterocycles. The summed E-state index contributed by atoms with van der Waals surface area (Å²) in [6, 6.07) is 2.75. The number of carboxylic acids is 1. The first kappa shape index (κ1) is 10.2. The van der Waals surface area contributed by atoms with E-state index in [9.17, 15) is 9.90 Å². The number of aliphatic imine (C=N–C) groups is 1. The number of phenolic OH excluding ortho intramolecular Hbond substituents is 1. The molecule has 4 nitrogen and oxygen atoms in total. The summed E-state index contributed by atoms with van der Waals surface area (Å²) < 4.78 is 0.585. The minimum Gasteiger partial charge on any atom is -0.506 e. The van der Waals surface area contributed by atoms with Crippen LogP contribution in [0.3, 0.4) is 0 Å². The average molecular weight is 270 g/mol. The monoisotopic (exact) mass is 269 g/mol. The Morgan fingerprint density at radius 2 is 2.27 bits per heavy atom. The van der Waals surface area contributed by atoms with Crippen LogP contribution in [0.5, 0.6) is 5.75 Å². The number of aromatic hydroxyl groups is 1. The number of nitrogens with zero attached hydrogens (tertiary/aromatic N) is 1. The Hall–Kier alpha value is -1.36. The van der Waals surface area contributed by atoms with Crippen molar-refractivity contribution >= 4 is 28.1 Å². The Morgan fingerprint density at radius 1 is 1.53 bits per heavy atom. The molecule has 0 fully saturated rings. The molecule has 0 aliphatic carbocycles. The molecule has 0 bridgehead atoms. The van der Waals surface area contributed by atoms with Gasteiger partial charge in [0.15, 0.2) is 6.04 Å². The highest BCUT2D eigenvalue weighted by molar-refractivity contribution is 9.10. The van der Waals surface area contributed by atoms with Crippen LogP contribution in [-0.4, -0.2) is 28.4 Å². The summed E-state index contributed by atoms with van der Waals surface area (Å²) in [6.07, 6.45) is 1.74. The van der Waals surface area contributed by atoms with Crippen molar-refractivity contribution in [3.63, 3.8) is 0 Å².